The highest BCUT2D eigenvalue weighted by molar-refractivity contribution is 5.98. The monoisotopic (exact) mass is 343 g/mol. The molecule has 1 atom stereocenters. The Balaban J connectivity index is 1.97. The number of rotatable bonds is 5. The highest BCUT2D eigenvalue weighted by Crippen LogP contribution is 2.27. The number of amides is 1. The Morgan fingerprint density at radius 3 is 2.46 bits per heavy atom. The molecule has 0 saturated heterocycles. The lowest BCUT2D eigenvalue weighted by atomic mass is 9.94. The molecule has 1 heterocycles. The van der Waals surface area contributed by atoms with Gasteiger partial charge in [-0.2, -0.15) is 5.26 Å². The molecule has 2 aromatic carbocycles. The van der Waals surface area contributed by atoms with Gasteiger partial charge in [-0.3, -0.25) is 9.78 Å². The minimum atomic E-state index is -0.603. The summed E-state index contributed by atoms with van der Waals surface area (Å²) in [6.45, 7) is 0. The Hall–Kier alpha value is -3.65. The molecule has 5 nitrogen and oxygen atoms in total. The normalized spacial score (nSPS) is 11.2. The van der Waals surface area contributed by atoms with Gasteiger partial charge in [0.05, 0.1) is 24.1 Å². The molecule has 1 aromatic heterocycles. The van der Waals surface area contributed by atoms with E-state index in [4.69, 9.17) is 4.74 Å². The Kier molecular flexibility index (Phi) is 5.25. The fourth-order valence-corrected chi connectivity index (χ4v) is 2.69. The molecule has 0 aliphatic carbocycles. The first-order valence-electron chi connectivity index (χ1n) is 8.08. The van der Waals surface area contributed by atoms with Crippen LogP contribution in [-0.2, 0) is 4.79 Å². The van der Waals surface area contributed by atoms with Gasteiger partial charge in [0.2, 0.25) is 5.91 Å². The number of hydrogen-bond donors (Lipinski definition) is 1. The summed E-state index contributed by atoms with van der Waals surface area (Å²) in [5, 5.41) is 12.1. The van der Waals surface area contributed by atoms with E-state index in [1.807, 2.05) is 36.4 Å². The van der Waals surface area contributed by atoms with E-state index >= 15 is 0 Å². The van der Waals surface area contributed by atoms with Crippen molar-refractivity contribution in [2.24, 2.45) is 0 Å². The first kappa shape index (κ1) is 17.2. The number of carbonyl (C=O) groups excluding carboxylic acids is 1. The van der Waals surface area contributed by atoms with Crippen molar-refractivity contribution in [1.82, 2.24) is 4.98 Å². The van der Waals surface area contributed by atoms with Crippen LogP contribution in [0.1, 0.15) is 22.7 Å². The van der Waals surface area contributed by atoms with E-state index in [1.165, 1.54) is 0 Å². The lowest BCUT2D eigenvalue weighted by molar-refractivity contribution is -0.116. The van der Waals surface area contributed by atoms with Crippen LogP contribution in [0.3, 0.4) is 0 Å². The number of ether oxygens (including phenoxy) is 1. The second-order valence-electron chi connectivity index (χ2n) is 5.61. The first-order chi connectivity index (χ1) is 12.7. The number of pyridine rings is 1. The Morgan fingerprint density at radius 1 is 1.08 bits per heavy atom. The molecule has 1 amide bonds. The summed E-state index contributed by atoms with van der Waals surface area (Å²) < 4.78 is 5.19. The third-order valence-electron chi connectivity index (χ3n) is 4.00. The van der Waals surface area contributed by atoms with Gasteiger partial charge < -0.3 is 10.1 Å². The number of para-hydroxylation sites is 1. The number of nitriles is 1. The molecule has 0 saturated carbocycles. The van der Waals surface area contributed by atoms with E-state index in [1.54, 1.807) is 43.6 Å². The van der Waals surface area contributed by atoms with Crippen LogP contribution in [0.15, 0.2) is 72.9 Å². The fraction of sp³-hybridized carbons (Fsp3) is 0.0952. The zero-order valence-corrected chi connectivity index (χ0v) is 14.2. The summed E-state index contributed by atoms with van der Waals surface area (Å²) >= 11 is 0. The second kappa shape index (κ2) is 7.95. The molecule has 3 rings (SSSR count). The quantitative estimate of drug-likeness (QED) is 0.766. The average Bonchev–Trinajstić information content (AvgIpc) is 2.70. The predicted octanol–water partition coefficient (Wildman–Crippen LogP) is 3.73. The Labute approximate surface area is 151 Å². The fourth-order valence-electron chi connectivity index (χ4n) is 2.69. The van der Waals surface area contributed by atoms with E-state index in [-0.39, 0.29) is 5.91 Å². The van der Waals surface area contributed by atoms with E-state index in [0.29, 0.717) is 22.7 Å². The van der Waals surface area contributed by atoms with E-state index in [2.05, 4.69) is 16.4 Å². The van der Waals surface area contributed by atoms with Crippen LogP contribution in [0.2, 0.25) is 0 Å². The van der Waals surface area contributed by atoms with Crippen LogP contribution >= 0.6 is 0 Å². The first-order valence-corrected chi connectivity index (χ1v) is 8.08. The largest absolute Gasteiger partial charge is 0.497 e. The van der Waals surface area contributed by atoms with Crippen molar-refractivity contribution in [1.29, 1.82) is 5.26 Å². The number of benzene rings is 2. The van der Waals surface area contributed by atoms with Crippen molar-refractivity contribution in [3.05, 3.63) is 89.7 Å². The number of carbonyl (C=O) groups is 1. The van der Waals surface area contributed by atoms with Crippen molar-refractivity contribution >= 4 is 11.6 Å². The third kappa shape index (κ3) is 3.70. The summed E-state index contributed by atoms with van der Waals surface area (Å²) in [5.41, 5.74) is 2.31. The summed E-state index contributed by atoms with van der Waals surface area (Å²) in [5.74, 6) is -0.144. The summed E-state index contributed by atoms with van der Waals surface area (Å²) in [4.78, 5) is 17.4. The van der Waals surface area contributed by atoms with Gasteiger partial charge in [0.25, 0.3) is 0 Å². The number of hydrogen-bond acceptors (Lipinski definition) is 4. The third-order valence-corrected chi connectivity index (χ3v) is 4.00. The molecular weight excluding hydrogens is 326 g/mol. The minimum Gasteiger partial charge on any atom is -0.497 e. The smallest absolute Gasteiger partial charge is 0.238 e. The molecular formula is C21H17N3O2. The van der Waals surface area contributed by atoms with Gasteiger partial charge in [-0.05, 0) is 42.0 Å². The van der Waals surface area contributed by atoms with E-state index in [0.717, 1.165) is 5.56 Å². The van der Waals surface area contributed by atoms with Crippen LogP contribution in [0.5, 0.6) is 5.75 Å². The van der Waals surface area contributed by atoms with Gasteiger partial charge in [0.1, 0.15) is 17.7 Å². The Morgan fingerprint density at radius 2 is 1.81 bits per heavy atom. The molecule has 0 fully saturated rings. The minimum absolute atomic E-state index is 0.253. The highest BCUT2D eigenvalue weighted by atomic mass is 16.5. The molecule has 3 aromatic rings. The highest BCUT2D eigenvalue weighted by Gasteiger charge is 2.24. The van der Waals surface area contributed by atoms with Crippen molar-refractivity contribution in [2.75, 3.05) is 12.4 Å². The molecule has 128 valence electrons. The second-order valence-corrected chi connectivity index (χ2v) is 5.61. The summed E-state index contributed by atoms with van der Waals surface area (Å²) in [6.07, 6.45) is 1.66. The number of methoxy groups -OCH3 is 1. The van der Waals surface area contributed by atoms with Crippen LogP contribution in [0.4, 0.5) is 5.69 Å². The van der Waals surface area contributed by atoms with Crippen molar-refractivity contribution in [2.45, 2.75) is 5.92 Å². The van der Waals surface area contributed by atoms with Crippen LogP contribution < -0.4 is 10.1 Å². The zero-order chi connectivity index (χ0) is 18.4. The molecule has 0 radical (unpaired) electrons. The molecule has 0 spiro atoms. The SMILES string of the molecule is COc1ccc(C(C(=O)Nc2ccccc2C#N)c2ccccn2)cc1. The van der Waals surface area contributed by atoms with E-state index < -0.39 is 5.92 Å². The molecule has 0 aliphatic heterocycles. The van der Waals surface area contributed by atoms with Gasteiger partial charge in [-0.15, -0.1) is 0 Å². The van der Waals surface area contributed by atoms with Gasteiger partial charge >= 0.3 is 0 Å². The van der Waals surface area contributed by atoms with Gasteiger partial charge in [0.15, 0.2) is 0 Å². The van der Waals surface area contributed by atoms with Gasteiger partial charge in [0, 0.05) is 6.20 Å². The molecule has 0 bridgehead atoms. The van der Waals surface area contributed by atoms with Crippen LogP contribution in [-0.4, -0.2) is 18.0 Å². The number of aromatic nitrogens is 1. The van der Waals surface area contributed by atoms with Crippen molar-refractivity contribution in [3.63, 3.8) is 0 Å². The number of nitrogens with one attached hydrogen (secondary N) is 1. The summed E-state index contributed by atoms with van der Waals surface area (Å²) in [6, 6.07) is 21.7. The molecule has 26 heavy (non-hydrogen) atoms. The average molecular weight is 343 g/mol. The maximum absolute atomic E-state index is 13.0. The number of nitrogens with zero attached hydrogens (tertiary/aromatic N) is 2. The van der Waals surface area contributed by atoms with Gasteiger partial charge in [-0.25, -0.2) is 0 Å². The summed E-state index contributed by atoms with van der Waals surface area (Å²) in [7, 11) is 1.59. The molecule has 0 aliphatic rings. The van der Waals surface area contributed by atoms with Crippen molar-refractivity contribution < 1.29 is 9.53 Å². The maximum atomic E-state index is 13.0. The maximum Gasteiger partial charge on any atom is 0.238 e. The Bertz CT molecular complexity index is 931. The topological polar surface area (TPSA) is 75.0 Å². The standard InChI is InChI=1S/C21H17N3O2/c1-26-17-11-9-15(10-12-17)20(19-8-4-5-13-23-19)21(25)24-18-7-3-2-6-16(18)14-22/h2-13,20H,1H3,(H,24,25). The van der Waals surface area contributed by atoms with Gasteiger partial charge in [-0.1, -0.05) is 30.3 Å². The molecule has 1 unspecified atom stereocenters. The zero-order valence-electron chi connectivity index (χ0n) is 14.2. The molecule has 1 N–H and O–H groups in total. The molecule has 5 heteroatoms. The van der Waals surface area contributed by atoms with Crippen LogP contribution in [0, 0.1) is 11.3 Å². The van der Waals surface area contributed by atoms with Crippen LogP contribution in [0.25, 0.3) is 0 Å². The number of anilines is 1. The lowest BCUT2D eigenvalue weighted by Crippen LogP contribution is -2.23. The lowest BCUT2D eigenvalue weighted by Gasteiger charge is -2.18. The van der Waals surface area contributed by atoms with Crippen molar-refractivity contribution in [3.8, 4) is 11.8 Å². The van der Waals surface area contributed by atoms with E-state index in [9.17, 15) is 10.1 Å². The predicted molar refractivity (Wildman–Crippen MR) is 98.9 cm³/mol.